The Labute approximate surface area is 80.9 Å². The fourth-order valence-electron chi connectivity index (χ4n) is 2.74. The molecule has 0 N–H and O–H groups in total. The average molecular weight is 180 g/mol. The van der Waals surface area contributed by atoms with Crippen molar-refractivity contribution in [2.24, 2.45) is 17.8 Å². The zero-order valence-corrected chi connectivity index (χ0v) is 8.59. The topological polar surface area (TPSA) is 17.1 Å². The highest BCUT2D eigenvalue weighted by molar-refractivity contribution is 5.85. The van der Waals surface area contributed by atoms with Gasteiger partial charge in [0.2, 0.25) is 0 Å². The van der Waals surface area contributed by atoms with Crippen LogP contribution in [0.5, 0.6) is 0 Å². The third-order valence-electron chi connectivity index (χ3n) is 3.78. The van der Waals surface area contributed by atoms with Crippen LogP contribution in [-0.4, -0.2) is 5.78 Å². The molecule has 13 heavy (non-hydrogen) atoms. The first-order valence-corrected chi connectivity index (χ1v) is 5.86. The van der Waals surface area contributed by atoms with Gasteiger partial charge in [0.1, 0.15) is 5.78 Å². The maximum atomic E-state index is 11.9. The van der Waals surface area contributed by atoms with Gasteiger partial charge in [-0.3, -0.25) is 4.79 Å². The minimum Gasteiger partial charge on any atom is -0.299 e. The summed E-state index contributed by atoms with van der Waals surface area (Å²) in [6.07, 6.45) is 8.72. The van der Waals surface area contributed by atoms with Gasteiger partial charge in [0.15, 0.2) is 0 Å². The largest absolute Gasteiger partial charge is 0.299 e. The van der Waals surface area contributed by atoms with Crippen LogP contribution >= 0.6 is 0 Å². The Balaban J connectivity index is 1.96. The SMILES string of the molecule is CCC1CCCCC1C(=O)C1CC1. The summed E-state index contributed by atoms with van der Waals surface area (Å²) in [4.78, 5) is 11.9. The van der Waals surface area contributed by atoms with E-state index in [9.17, 15) is 4.79 Å². The molecule has 2 unspecified atom stereocenters. The number of carbonyl (C=O) groups excluding carboxylic acids is 1. The second-order valence-corrected chi connectivity index (χ2v) is 4.74. The van der Waals surface area contributed by atoms with Gasteiger partial charge in [-0.05, 0) is 31.6 Å². The predicted molar refractivity (Wildman–Crippen MR) is 53.5 cm³/mol. The van der Waals surface area contributed by atoms with E-state index in [1.165, 1.54) is 44.9 Å². The summed E-state index contributed by atoms with van der Waals surface area (Å²) in [5.74, 6) is 2.27. The summed E-state index contributed by atoms with van der Waals surface area (Å²) in [6.45, 7) is 2.24. The molecular weight excluding hydrogens is 160 g/mol. The molecule has 2 aliphatic rings. The zero-order valence-electron chi connectivity index (χ0n) is 8.59. The number of hydrogen-bond donors (Lipinski definition) is 0. The van der Waals surface area contributed by atoms with Crippen LogP contribution in [0.4, 0.5) is 0 Å². The van der Waals surface area contributed by atoms with Crippen LogP contribution in [-0.2, 0) is 4.79 Å². The van der Waals surface area contributed by atoms with Gasteiger partial charge in [0, 0.05) is 11.8 Å². The molecule has 0 spiro atoms. The van der Waals surface area contributed by atoms with E-state index in [0.717, 1.165) is 5.92 Å². The standard InChI is InChI=1S/C12H20O/c1-2-9-5-3-4-6-11(9)12(13)10-7-8-10/h9-11H,2-8H2,1H3. The van der Waals surface area contributed by atoms with Gasteiger partial charge in [-0.15, -0.1) is 0 Å². The molecule has 74 valence electrons. The minimum absolute atomic E-state index is 0.450. The maximum absolute atomic E-state index is 11.9. The molecule has 0 saturated heterocycles. The normalized spacial score (nSPS) is 34.5. The summed E-state index contributed by atoms with van der Waals surface area (Å²) in [6, 6.07) is 0. The van der Waals surface area contributed by atoms with Crippen LogP contribution < -0.4 is 0 Å². The van der Waals surface area contributed by atoms with Crippen molar-refractivity contribution in [1.82, 2.24) is 0 Å². The number of Topliss-reactive ketones (excluding diaryl/α,β-unsaturated/α-hetero) is 1. The Kier molecular flexibility index (Phi) is 2.71. The van der Waals surface area contributed by atoms with Gasteiger partial charge in [0.25, 0.3) is 0 Å². The van der Waals surface area contributed by atoms with Crippen molar-refractivity contribution < 1.29 is 4.79 Å². The van der Waals surface area contributed by atoms with Crippen molar-refractivity contribution in [2.45, 2.75) is 51.9 Å². The van der Waals surface area contributed by atoms with E-state index < -0.39 is 0 Å². The van der Waals surface area contributed by atoms with Crippen LogP contribution in [0.3, 0.4) is 0 Å². The van der Waals surface area contributed by atoms with Crippen LogP contribution in [0.15, 0.2) is 0 Å². The van der Waals surface area contributed by atoms with Crippen molar-refractivity contribution in [1.29, 1.82) is 0 Å². The number of ketones is 1. The van der Waals surface area contributed by atoms with Crippen molar-refractivity contribution in [3.63, 3.8) is 0 Å². The van der Waals surface area contributed by atoms with Crippen molar-refractivity contribution >= 4 is 5.78 Å². The van der Waals surface area contributed by atoms with E-state index in [1.807, 2.05) is 0 Å². The molecule has 0 aromatic rings. The predicted octanol–water partition coefficient (Wildman–Crippen LogP) is 3.18. The smallest absolute Gasteiger partial charge is 0.139 e. The molecular formula is C12H20O. The Morgan fingerprint density at radius 3 is 2.46 bits per heavy atom. The summed E-state index contributed by atoms with van der Waals surface area (Å²) in [5, 5.41) is 0. The highest BCUT2D eigenvalue weighted by Gasteiger charge is 2.38. The summed E-state index contributed by atoms with van der Waals surface area (Å²) in [5.41, 5.74) is 0. The molecule has 0 aromatic carbocycles. The molecule has 0 aromatic heterocycles. The monoisotopic (exact) mass is 180 g/mol. The molecule has 0 bridgehead atoms. The Morgan fingerprint density at radius 2 is 1.85 bits per heavy atom. The van der Waals surface area contributed by atoms with Gasteiger partial charge in [0.05, 0.1) is 0 Å². The first-order chi connectivity index (χ1) is 6.33. The summed E-state index contributed by atoms with van der Waals surface area (Å²) >= 11 is 0. The summed E-state index contributed by atoms with van der Waals surface area (Å²) in [7, 11) is 0. The van der Waals surface area contributed by atoms with E-state index >= 15 is 0 Å². The lowest BCUT2D eigenvalue weighted by Crippen LogP contribution is -2.27. The molecule has 2 atom stereocenters. The van der Waals surface area contributed by atoms with E-state index in [0.29, 0.717) is 17.6 Å². The van der Waals surface area contributed by atoms with Crippen LogP contribution in [0.1, 0.15) is 51.9 Å². The third-order valence-corrected chi connectivity index (χ3v) is 3.78. The van der Waals surface area contributed by atoms with Crippen molar-refractivity contribution in [3.05, 3.63) is 0 Å². The van der Waals surface area contributed by atoms with Crippen LogP contribution in [0.25, 0.3) is 0 Å². The highest BCUT2D eigenvalue weighted by atomic mass is 16.1. The van der Waals surface area contributed by atoms with Crippen molar-refractivity contribution in [2.75, 3.05) is 0 Å². The van der Waals surface area contributed by atoms with Gasteiger partial charge in [-0.2, -0.15) is 0 Å². The fraction of sp³-hybridized carbons (Fsp3) is 0.917. The molecule has 1 heteroatoms. The van der Waals surface area contributed by atoms with Crippen molar-refractivity contribution in [3.8, 4) is 0 Å². The quantitative estimate of drug-likeness (QED) is 0.652. The van der Waals surface area contributed by atoms with Gasteiger partial charge in [-0.25, -0.2) is 0 Å². The second-order valence-electron chi connectivity index (χ2n) is 4.74. The lowest BCUT2D eigenvalue weighted by molar-refractivity contribution is -0.126. The van der Waals surface area contributed by atoms with Gasteiger partial charge in [-0.1, -0.05) is 26.2 Å². The van der Waals surface area contributed by atoms with E-state index in [1.54, 1.807) is 0 Å². The lowest BCUT2D eigenvalue weighted by atomic mass is 9.75. The van der Waals surface area contributed by atoms with Gasteiger partial charge < -0.3 is 0 Å². The second kappa shape index (κ2) is 3.81. The van der Waals surface area contributed by atoms with E-state index in [-0.39, 0.29) is 0 Å². The van der Waals surface area contributed by atoms with Crippen LogP contribution in [0, 0.1) is 17.8 Å². The Bertz CT molecular complexity index is 193. The zero-order chi connectivity index (χ0) is 9.26. The molecule has 2 aliphatic carbocycles. The van der Waals surface area contributed by atoms with Gasteiger partial charge >= 0.3 is 0 Å². The molecule has 1 nitrogen and oxygen atoms in total. The number of carbonyl (C=O) groups is 1. The maximum Gasteiger partial charge on any atom is 0.139 e. The summed E-state index contributed by atoms with van der Waals surface area (Å²) < 4.78 is 0. The first-order valence-electron chi connectivity index (χ1n) is 5.86. The molecule has 0 aliphatic heterocycles. The fourth-order valence-corrected chi connectivity index (χ4v) is 2.74. The Hall–Kier alpha value is -0.330. The van der Waals surface area contributed by atoms with E-state index in [4.69, 9.17) is 0 Å². The van der Waals surface area contributed by atoms with Crippen LogP contribution in [0.2, 0.25) is 0 Å². The lowest BCUT2D eigenvalue weighted by Gasteiger charge is -2.29. The third kappa shape index (κ3) is 1.95. The molecule has 2 saturated carbocycles. The minimum atomic E-state index is 0.450. The number of rotatable bonds is 3. The molecule has 2 rings (SSSR count). The Morgan fingerprint density at radius 1 is 1.15 bits per heavy atom. The molecule has 0 amide bonds. The molecule has 0 radical (unpaired) electrons. The molecule has 2 fully saturated rings. The average Bonchev–Trinajstić information content (AvgIpc) is 3.00. The highest BCUT2D eigenvalue weighted by Crippen LogP contribution is 2.40. The first kappa shape index (κ1) is 9.23. The molecule has 0 heterocycles. The van der Waals surface area contributed by atoms with E-state index in [2.05, 4.69) is 6.92 Å². The number of hydrogen-bond acceptors (Lipinski definition) is 1.